The lowest BCUT2D eigenvalue weighted by Gasteiger charge is -2.09. The van der Waals surface area contributed by atoms with E-state index in [1.807, 2.05) is 48.6 Å². The third-order valence-corrected chi connectivity index (χ3v) is 9.11. The lowest BCUT2D eigenvalue weighted by Crippen LogP contribution is -1.99. The van der Waals surface area contributed by atoms with E-state index in [0.717, 1.165) is 66.7 Å². The molecule has 0 unspecified atom stereocenters. The smallest absolute Gasteiger partial charge is 0.248 e. The Balaban J connectivity index is 1.15. The number of aromatic nitrogens is 5. The van der Waals surface area contributed by atoms with Gasteiger partial charge in [0.25, 0.3) is 0 Å². The number of hydrogen-bond acceptors (Lipinski definition) is 5. The monoisotopic (exact) mass is 646 g/mol. The summed E-state index contributed by atoms with van der Waals surface area (Å²) in [5.41, 5.74) is 8.62. The summed E-state index contributed by atoms with van der Waals surface area (Å²) >= 11 is 0. The minimum absolute atomic E-state index is 0.445. The number of nitrogens with zero attached hydrogens (tertiary/aromatic N) is 6. The molecule has 0 N–H and O–H groups in total. The highest BCUT2D eigenvalue weighted by Gasteiger charge is 2.19. The molecular weight excluding hydrogens is 617 g/mol. The molecule has 0 saturated heterocycles. The Bertz CT molecular complexity index is 2800. The number of benzene rings is 5. The van der Waals surface area contributed by atoms with Crippen molar-refractivity contribution in [3.05, 3.63) is 158 Å². The zero-order valence-corrected chi connectivity index (χ0v) is 27.2. The predicted molar refractivity (Wildman–Crippen MR) is 204 cm³/mol. The molecule has 0 atom stereocenters. The normalized spacial score (nSPS) is 12.0. The zero-order valence-electron chi connectivity index (χ0n) is 27.2. The zero-order chi connectivity index (χ0) is 33.6. The summed E-state index contributed by atoms with van der Waals surface area (Å²) in [5, 5.41) is 13.6. The molecule has 9 aromatic rings. The van der Waals surface area contributed by atoms with Gasteiger partial charge in [0.1, 0.15) is 5.82 Å². The van der Waals surface area contributed by atoms with Gasteiger partial charge < -0.3 is 8.98 Å². The summed E-state index contributed by atoms with van der Waals surface area (Å²) in [5.74, 6) is 1.69. The van der Waals surface area contributed by atoms with Crippen molar-refractivity contribution in [3.8, 4) is 34.4 Å². The molecule has 7 nitrogen and oxygen atoms in total. The van der Waals surface area contributed by atoms with E-state index in [1.165, 1.54) is 10.8 Å². The second kappa shape index (κ2) is 12.0. The number of hydrogen-bond donors (Lipinski definition) is 0. The topological polar surface area (TPSA) is 74.0 Å². The van der Waals surface area contributed by atoms with E-state index >= 15 is 0 Å². The van der Waals surface area contributed by atoms with Gasteiger partial charge in [0, 0.05) is 51.6 Å². The number of allylic oxidation sites excluding steroid dienone is 3. The van der Waals surface area contributed by atoms with Crippen LogP contribution in [0.3, 0.4) is 0 Å². The van der Waals surface area contributed by atoms with Crippen molar-refractivity contribution in [1.29, 1.82) is 0 Å². The second-order valence-corrected chi connectivity index (χ2v) is 12.1. The average Bonchev–Trinajstić information content (AvgIpc) is 3.88. The van der Waals surface area contributed by atoms with Gasteiger partial charge in [0.2, 0.25) is 11.8 Å². The van der Waals surface area contributed by atoms with Gasteiger partial charge in [-0.05, 0) is 72.3 Å². The van der Waals surface area contributed by atoms with Crippen molar-refractivity contribution in [2.24, 2.45) is 4.99 Å². The van der Waals surface area contributed by atoms with E-state index in [4.69, 9.17) is 9.40 Å². The molecule has 0 fully saturated rings. The van der Waals surface area contributed by atoms with Crippen LogP contribution in [0, 0.1) is 0 Å². The molecule has 238 valence electrons. The van der Waals surface area contributed by atoms with Crippen LogP contribution in [0.5, 0.6) is 0 Å². The summed E-state index contributed by atoms with van der Waals surface area (Å²) in [7, 11) is 1.74. The van der Waals surface area contributed by atoms with Crippen LogP contribution in [0.4, 0.5) is 0 Å². The number of rotatable bonds is 7. The summed E-state index contributed by atoms with van der Waals surface area (Å²) in [6, 6.07) is 45.8. The largest absolute Gasteiger partial charge is 0.416 e. The van der Waals surface area contributed by atoms with Crippen LogP contribution in [0.1, 0.15) is 5.69 Å². The van der Waals surface area contributed by atoms with Crippen molar-refractivity contribution < 1.29 is 4.42 Å². The summed E-state index contributed by atoms with van der Waals surface area (Å²) in [4.78, 5) is 9.04. The predicted octanol–water partition coefficient (Wildman–Crippen LogP) is 10.3. The van der Waals surface area contributed by atoms with Crippen molar-refractivity contribution in [2.45, 2.75) is 0 Å². The molecule has 0 bridgehead atoms. The molecule has 0 saturated carbocycles. The van der Waals surface area contributed by atoms with Crippen LogP contribution in [-0.2, 0) is 0 Å². The SMILES string of the molecule is C=C(/C=C\C=NC)c1cccc(-n2c3ccccc3c3ccc(-c4nnc(-c5ccc6c7ccccc7n(-c7ccccc7)c6c5)o4)cc32)n1. The minimum atomic E-state index is 0.445. The first-order chi connectivity index (χ1) is 24.7. The standard InChI is InChI=1S/C43H30N6O/c1-28(12-11-25-44-2)36-17-10-20-41(45-36)49-38-19-9-7-16-33(38)35-24-22-30(27-40(35)49)43-47-46-42(50-43)29-21-23-34-32-15-6-8-18-37(32)48(39(34)26-29)31-13-4-3-5-14-31/h3-27H,1H2,2H3/b12-11-,44-25?. The van der Waals surface area contributed by atoms with Crippen LogP contribution in [0.25, 0.3) is 83.6 Å². The molecule has 4 heterocycles. The van der Waals surface area contributed by atoms with Gasteiger partial charge in [-0.25, -0.2) is 4.98 Å². The highest BCUT2D eigenvalue weighted by Crippen LogP contribution is 2.37. The maximum Gasteiger partial charge on any atom is 0.248 e. The van der Waals surface area contributed by atoms with E-state index in [9.17, 15) is 0 Å². The Labute approximate surface area is 287 Å². The molecule has 0 aliphatic heterocycles. The molecule has 50 heavy (non-hydrogen) atoms. The molecular formula is C43H30N6O. The van der Waals surface area contributed by atoms with Crippen molar-refractivity contribution in [2.75, 3.05) is 7.05 Å². The van der Waals surface area contributed by atoms with Gasteiger partial charge in [0.05, 0.1) is 27.8 Å². The maximum absolute atomic E-state index is 6.40. The van der Waals surface area contributed by atoms with Crippen LogP contribution < -0.4 is 0 Å². The van der Waals surface area contributed by atoms with Crippen LogP contribution in [0.15, 0.2) is 162 Å². The molecule has 4 aromatic heterocycles. The molecule has 0 spiro atoms. The fraction of sp³-hybridized carbons (Fsp3) is 0.0233. The third kappa shape index (κ3) is 4.83. The maximum atomic E-state index is 6.40. The molecule has 9 rings (SSSR count). The van der Waals surface area contributed by atoms with Crippen LogP contribution in [-0.4, -0.2) is 37.6 Å². The molecule has 0 aliphatic rings. The Morgan fingerprint density at radius 2 is 1.20 bits per heavy atom. The summed E-state index contributed by atoms with van der Waals surface area (Å²) in [6.07, 6.45) is 5.51. The average molecular weight is 647 g/mol. The van der Waals surface area contributed by atoms with Gasteiger partial charge in [-0.15, -0.1) is 10.2 Å². The van der Waals surface area contributed by atoms with E-state index in [1.54, 1.807) is 13.3 Å². The highest BCUT2D eigenvalue weighted by atomic mass is 16.4. The lowest BCUT2D eigenvalue weighted by atomic mass is 10.1. The number of aliphatic imine (C=N–C) groups is 1. The Hall–Kier alpha value is -6.86. The van der Waals surface area contributed by atoms with Gasteiger partial charge in [0.15, 0.2) is 0 Å². The number of fused-ring (bicyclic) bond motifs is 6. The Morgan fingerprint density at radius 3 is 1.86 bits per heavy atom. The van der Waals surface area contributed by atoms with Gasteiger partial charge in [-0.3, -0.25) is 9.56 Å². The van der Waals surface area contributed by atoms with E-state index in [-0.39, 0.29) is 0 Å². The van der Waals surface area contributed by atoms with Crippen molar-refractivity contribution in [1.82, 2.24) is 24.3 Å². The second-order valence-electron chi connectivity index (χ2n) is 12.1. The first kappa shape index (κ1) is 29.3. The van der Waals surface area contributed by atoms with E-state index in [0.29, 0.717) is 11.8 Å². The van der Waals surface area contributed by atoms with Crippen LogP contribution in [0.2, 0.25) is 0 Å². The molecule has 0 aliphatic carbocycles. The quantitative estimate of drug-likeness (QED) is 0.128. The highest BCUT2D eigenvalue weighted by molar-refractivity contribution is 6.11. The summed E-state index contributed by atoms with van der Waals surface area (Å²) < 4.78 is 10.9. The Morgan fingerprint density at radius 1 is 0.620 bits per heavy atom. The number of para-hydroxylation sites is 3. The van der Waals surface area contributed by atoms with Crippen molar-refractivity contribution in [3.63, 3.8) is 0 Å². The first-order valence-corrected chi connectivity index (χ1v) is 16.4. The minimum Gasteiger partial charge on any atom is -0.416 e. The van der Waals surface area contributed by atoms with Crippen LogP contribution >= 0.6 is 0 Å². The molecule has 0 amide bonds. The Kier molecular flexibility index (Phi) is 7.02. The van der Waals surface area contributed by atoms with Crippen molar-refractivity contribution >= 4 is 55.4 Å². The van der Waals surface area contributed by atoms with Gasteiger partial charge in [-0.1, -0.05) is 85.5 Å². The van der Waals surface area contributed by atoms with Gasteiger partial charge in [-0.2, -0.15) is 0 Å². The van der Waals surface area contributed by atoms with E-state index in [2.05, 4.69) is 128 Å². The fourth-order valence-electron chi connectivity index (χ4n) is 6.82. The van der Waals surface area contributed by atoms with Gasteiger partial charge >= 0.3 is 0 Å². The third-order valence-electron chi connectivity index (χ3n) is 9.11. The lowest BCUT2D eigenvalue weighted by molar-refractivity contribution is 0.584. The molecule has 5 aromatic carbocycles. The van der Waals surface area contributed by atoms with E-state index < -0.39 is 0 Å². The fourth-order valence-corrected chi connectivity index (χ4v) is 6.82. The molecule has 7 heteroatoms. The summed E-state index contributed by atoms with van der Waals surface area (Å²) in [6.45, 7) is 4.22. The number of pyridine rings is 1. The first-order valence-electron chi connectivity index (χ1n) is 16.4. The molecule has 0 radical (unpaired) electrons.